The first kappa shape index (κ1) is 16.7. The van der Waals surface area contributed by atoms with E-state index in [1.807, 2.05) is 24.4 Å². The molecule has 2 aromatic rings. The molecule has 6 nitrogen and oxygen atoms in total. The van der Waals surface area contributed by atoms with E-state index in [0.29, 0.717) is 13.1 Å². The van der Waals surface area contributed by atoms with Crippen molar-refractivity contribution in [1.82, 2.24) is 14.2 Å². The Morgan fingerprint density at radius 2 is 2.08 bits per heavy atom. The van der Waals surface area contributed by atoms with Crippen LogP contribution in [0.2, 0.25) is 0 Å². The number of hydrogen-bond acceptors (Lipinski definition) is 3. The van der Waals surface area contributed by atoms with Crippen LogP contribution >= 0.6 is 0 Å². The van der Waals surface area contributed by atoms with E-state index in [2.05, 4.69) is 17.1 Å². The van der Waals surface area contributed by atoms with E-state index in [1.54, 1.807) is 4.90 Å². The SMILES string of the molecule is CN(CC(=O)N1CC=C(c2c[nH]c3ccccc23)CC1)S(C)(=O)=O. The third-order valence-electron chi connectivity index (χ3n) is 4.42. The minimum atomic E-state index is -3.34. The molecule has 24 heavy (non-hydrogen) atoms. The van der Waals surface area contributed by atoms with Gasteiger partial charge in [-0.15, -0.1) is 0 Å². The second-order valence-corrected chi connectivity index (χ2v) is 8.18. The molecule has 0 bridgehead atoms. The number of benzene rings is 1. The molecule has 1 aromatic carbocycles. The Labute approximate surface area is 141 Å². The van der Waals surface area contributed by atoms with Gasteiger partial charge in [0.05, 0.1) is 12.8 Å². The van der Waals surface area contributed by atoms with E-state index < -0.39 is 10.0 Å². The van der Waals surface area contributed by atoms with E-state index in [1.165, 1.54) is 23.6 Å². The summed E-state index contributed by atoms with van der Waals surface area (Å²) in [6.45, 7) is 0.988. The summed E-state index contributed by atoms with van der Waals surface area (Å²) in [6.07, 6.45) is 5.92. The highest BCUT2D eigenvalue weighted by Gasteiger charge is 2.22. The van der Waals surface area contributed by atoms with Crippen LogP contribution in [0.5, 0.6) is 0 Å². The molecule has 3 rings (SSSR count). The van der Waals surface area contributed by atoms with Gasteiger partial charge >= 0.3 is 0 Å². The zero-order chi connectivity index (χ0) is 17.3. The standard InChI is InChI=1S/C17H21N3O3S/c1-19(24(2,22)23)12-17(21)20-9-7-13(8-10-20)15-11-18-16-6-4-3-5-14(15)16/h3-7,11,18H,8-10,12H2,1-2H3. The lowest BCUT2D eigenvalue weighted by Crippen LogP contribution is -2.42. The third kappa shape index (κ3) is 3.37. The second-order valence-electron chi connectivity index (χ2n) is 6.09. The Morgan fingerprint density at radius 3 is 2.75 bits per heavy atom. The number of aromatic nitrogens is 1. The molecule has 1 N–H and O–H groups in total. The van der Waals surface area contributed by atoms with Crippen LogP contribution in [0.25, 0.3) is 16.5 Å². The van der Waals surface area contributed by atoms with Crippen LogP contribution in [0.15, 0.2) is 36.5 Å². The van der Waals surface area contributed by atoms with Crippen LogP contribution < -0.4 is 0 Å². The average molecular weight is 347 g/mol. The van der Waals surface area contributed by atoms with Gasteiger partial charge in [-0.25, -0.2) is 8.42 Å². The number of nitrogens with zero attached hydrogens (tertiary/aromatic N) is 2. The van der Waals surface area contributed by atoms with Gasteiger partial charge in [0.2, 0.25) is 15.9 Å². The van der Waals surface area contributed by atoms with Crippen molar-refractivity contribution in [2.45, 2.75) is 6.42 Å². The number of H-pyrrole nitrogens is 1. The van der Waals surface area contributed by atoms with Gasteiger partial charge in [0, 0.05) is 42.8 Å². The molecule has 1 aromatic heterocycles. The number of nitrogens with one attached hydrogen (secondary N) is 1. The van der Waals surface area contributed by atoms with Crippen LogP contribution in [-0.2, 0) is 14.8 Å². The van der Waals surface area contributed by atoms with E-state index >= 15 is 0 Å². The third-order valence-corrected chi connectivity index (χ3v) is 5.68. The summed E-state index contributed by atoms with van der Waals surface area (Å²) < 4.78 is 23.9. The van der Waals surface area contributed by atoms with Crippen molar-refractivity contribution in [2.24, 2.45) is 0 Å². The number of aromatic amines is 1. The molecule has 0 radical (unpaired) electrons. The zero-order valence-corrected chi connectivity index (χ0v) is 14.6. The van der Waals surface area contributed by atoms with Crippen molar-refractivity contribution in [3.05, 3.63) is 42.1 Å². The topological polar surface area (TPSA) is 73.5 Å². The number of sulfonamides is 1. The summed E-state index contributed by atoms with van der Waals surface area (Å²) in [5.41, 5.74) is 3.49. The maximum atomic E-state index is 12.2. The molecule has 0 saturated heterocycles. The number of carbonyl (C=O) groups is 1. The molecule has 128 valence electrons. The number of para-hydroxylation sites is 1. The Hall–Kier alpha value is -2.12. The van der Waals surface area contributed by atoms with E-state index in [4.69, 9.17) is 0 Å². The predicted molar refractivity (Wildman–Crippen MR) is 94.9 cm³/mol. The van der Waals surface area contributed by atoms with Gasteiger partial charge < -0.3 is 9.88 Å². The molecule has 1 aliphatic heterocycles. The van der Waals surface area contributed by atoms with Crippen LogP contribution in [-0.4, -0.2) is 61.5 Å². The monoisotopic (exact) mass is 347 g/mol. The maximum Gasteiger partial charge on any atom is 0.238 e. The lowest BCUT2D eigenvalue weighted by atomic mass is 9.99. The molecular formula is C17H21N3O3S. The Balaban J connectivity index is 1.71. The summed E-state index contributed by atoms with van der Waals surface area (Å²) in [5, 5.41) is 1.18. The number of fused-ring (bicyclic) bond motifs is 1. The Kier molecular flexibility index (Phi) is 4.47. The van der Waals surface area contributed by atoms with E-state index in [-0.39, 0.29) is 12.5 Å². The van der Waals surface area contributed by atoms with Gasteiger partial charge in [-0.2, -0.15) is 4.31 Å². The highest BCUT2D eigenvalue weighted by Crippen LogP contribution is 2.29. The van der Waals surface area contributed by atoms with Crippen molar-refractivity contribution < 1.29 is 13.2 Å². The first-order valence-corrected chi connectivity index (χ1v) is 9.65. The van der Waals surface area contributed by atoms with Crippen LogP contribution in [0.4, 0.5) is 0 Å². The molecule has 2 heterocycles. The van der Waals surface area contributed by atoms with Gasteiger partial charge in [0.25, 0.3) is 0 Å². The summed E-state index contributed by atoms with van der Waals surface area (Å²) in [7, 11) is -1.92. The summed E-state index contributed by atoms with van der Waals surface area (Å²) >= 11 is 0. The van der Waals surface area contributed by atoms with E-state index in [9.17, 15) is 13.2 Å². The number of rotatable bonds is 4. The minimum absolute atomic E-state index is 0.116. The number of hydrogen-bond donors (Lipinski definition) is 1. The predicted octanol–water partition coefficient (Wildman–Crippen LogP) is 1.68. The van der Waals surface area contributed by atoms with Gasteiger partial charge in [-0.3, -0.25) is 4.79 Å². The fraction of sp³-hybridized carbons (Fsp3) is 0.353. The first-order chi connectivity index (χ1) is 11.4. The molecule has 7 heteroatoms. The Morgan fingerprint density at radius 1 is 1.33 bits per heavy atom. The molecule has 0 atom stereocenters. The summed E-state index contributed by atoms with van der Waals surface area (Å²) in [4.78, 5) is 17.2. The fourth-order valence-electron chi connectivity index (χ4n) is 2.89. The molecule has 0 unspecified atom stereocenters. The number of likely N-dealkylation sites (N-methyl/N-ethyl adjacent to an activating group) is 1. The number of carbonyl (C=O) groups excluding carboxylic acids is 1. The van der Waals surface area contributed by atoms with Crippen molar-refractivity contribution in [1.29, 1.82) is 0 Å². The summed E-state index contributed by atoms with van der Waals surface area (Å²) in [5.74, 6) is -0.169. The van der Waals surface area contributed by atoms with Crippen molar-refractivity contribution >= 4 is 32.4 Å². The largest absolute Gasteiger partial charge is 0.361 e. The molecule has 0 saturated carbocycles. The maximum absolute atomic E-state index is 12.2. The van der Waals surface area contributed by atoms with Crippen LogP contribution in [0.1, 0.15) is 12.0 Å². The van der Waals surface area contributed by atoms with Crippen molar-refractivity contribution in [2.75, 3.05) is 32.9 Å². The quantitative estimate of drug-likeness (QED) is 0.914. The molecule has 1 amide bonds. The first-order valence-electron chi connectivity index (χ1n) is 7.81. The van der Waals surface area contributed by atoms with Crippen LogP contribution in [0, 0.1) is 0 Å². The van der Waals surface area contributed by atoms with Gasteiger partial charge in [0.15, 0.2) is 0 Å². The van der Waals surface area contributed by atoms with Gasteiger partial charge in [-0.05, 0) is 18.1 Å². The van der Waals surface area contributed by atoms with Gasteiger partial charge in [0.1, 0.15) is 0 Å². The van der Waals surface area contributed by atoms with Crippen molar-refractivity contribution in [3.63, 3.8) is 0 Å². The minimum Gasteiger partial charge on any atom is -0.361 e. The highest BCUT2D eigenvalue weighted by atomic mass is 32.2. The van der Waals surface area contributed by atoms with Gasteiger partial charge in [-0.1, -0.05) is 24.3 Å². The van der Waals surface area contributed by atoms with Crippen LogP contribution in [0.3, 0.4) is 0 Å². The molecule has 1 aliphatic rings. The summed E-state index contributed by atoms with van der Waals surface area (Å²) in [6, 6.07) is 8.14. The molecule has 0 spiro atoms. The lowest BCUT2D eigenvalue weighted by molar-refractivity contribution is -0.130. The lowest BCUT2D eigenvalue weighted by Gasteiger charge is -2.28. The normalized spacial score (nSPS) is 15.8. The molecule has 0 fully saturated rings. The number of amides is 1. The second kappa shape index (κ2) is 6.41. The smallest absolute Gasteiger partial charge is 0.238 e. The highest BCUT2D eigenvalue weighted by molar-refractivity contribution is 7.88. The van der Waals surface area contributed by atoms with Crippen molar-refractivity contribution in [3.8, 4) is 0 Å². The Bertz CT molecular complexity index is 899. The average Bonchev–Trinajstić information content (AvgIpc) is 2.98. The fourth-order valence-corrected chi connectivity index (χ4v) is 3.23. The van der Waals surface area contributed by atoms with E-state index in [0.717, 1.165) is 22.5 Å². The zero-order valence-electron chi connectivity index (χ0n) is 13.8. The molecular weight excluding hydrogens is 326 g/mol. The molecule has 0 aliphatic carbocycles.